The van der Waals surface area contributed by atoms with Crippen molar-refractivity contribution in [3.8, 4) is 0 Å². The van der Waals surface area contributed by atoms with E-state index in [1.165, 1.54) is 0 Å². The smallest absolute Gasteiger partial charge is 0.467 e. The highest BCUT2D eigenvalue weighted by molar-refractivity contribution is 5.88. The number of ether oxygens (including phenoxy) is 1. The first-order valence-corrected chi connectivity index (χ1v) is 6.91. The molecule has 0 aromatic rings. The second-order valence-electron chi connectivity index (χ2n) is 5.12. The number of halogens is 3. The summed E-state index contributed by atoms with van der Waals surface area (Å²) >= 11 is 0. The van der Waals surface area contributed by atoms with Crippen molar-refractivity contribution in [3.05, 3.63) is 0 Å². The zero-order valence-electron chi connectivity index (χ0n) is 12.6. The van der Waals surface area contributed by atoms with E-state index in [-0.39, 0.29) is 24.8 Å². The summed E-state index contributed by atoms with van der Waals surface area (Å²) in [7, 11) is 0.989. The summed E-state index contributed by atoms with van der Waals surface area (Å²) in [4.78, 5) is 38.2. The topological polar surface area (TPSA) is 96.9 Å². The molecule has 130 valence electrons. The zero-order chi connectivity index (χ0) is 17.6. The van der Waals surface area contributed by atoms with E-state index in [0.29, 0.717) is 6.42 Å². The van der Waals surface area contributed by atoms with Crippen LogP contribution < -0.4 is 10.6 Å². The molecule has 1 rings (SSSR count). The lowest BCUT2D eigenvalue weighted by atomic mass is 10.0. The quantitative estimate of drug-likeness (QED) is 0.676. The van der Waals surface area contributed by atoms with Crippen LogP contribution in [0.1, 0.15) is 19.8 Å². The van der Waals surface area contributed by atoms with E-state index in [2.05, 4.69) is 15.0 Å². The molecule has 23 heavy (non-hydrogen) atoms. The number of nitrogens with one attached hydrogen (secondary N) is 2. The van der Waals surface area contributed by atoms with Crippen molar-refractivity contribution in [3.63, 3.8) is 0 Å². The first kappa shape index (κ1) is 18.9. The minimum atomic E-state index is -5.11. The Kier molecular flexibility index (Phi) is 6.52. The van der Waals surface area contributed by atoms with E-state index in [1.807, 2.05) is 6.92 Å². The Labute approximate surface area is 130 Å². The van der Waals surface area contributed by atoms with Crippen LogP contribution >= 0.6 is 0 Å². The number of carbonyl (C=O) groups excluding carboxylic acids is 3. The maximum atomic E-state index is 12.2. The lowest BCUT2D eigenvalue weighted by Crippen LogP contribution is -2.49. The van der Waals surface area contributed by atoms with E-state index in [0.717, 1.165) is 7.11 Å². The summed E-state index contributed by atoms with van der Waals surface area (Å²) in [6, 6.07) is -2.05. The lowest BCUT2D eigenvalue weighted by molar-refractivity contribution is -0.175. The molecule has 7 nitrogen and oxygen atoms in total. The van der Waals surface area contributed by atoms with Gasteiger partial charge in [0.05, 0.1) is 7.11 Å². The van der Waals surface area contributed by atoms with E-state index < -0.39 is 30.1 Å². The van der Waals surface area contributed by atoms with Crippen LogP contribution in [0.25, 0.3) is 0 Å². The van der Waals surface area contributed by atoms with Gasteiger partial charge in [0, 0.05) is 12.8 Å². The first-order chi connectivity index (χ1) is 10.7. The van der Waals surface area contributed by atoms with Crippen LogP contribution in [0.4, 0.5) is 13.2 Å². The summed E-state index contributed by atoms with van der Waals surface area (Å²) in [5, 5.41) is 4.02. The summed E-state index contributed by atoms with van der Waals surface area (Å²) in [6.45, 7) is 1.74. The molecule has 0 spiro atoms. The number of carbonyl (C=O) groups is 3. The van der Waals surface area contributed by atoms with Gasteiger partial charge in [-0.3, -0.25) is 14.6 Å². The van der Waals surface area contributed by atoms with Gasteiger partial charge in [-0.2, -0.15) is 13.2 Å². The largest absolute Gasteiger partial charge is 0.471 e. The maximum Gasteiger partial charge on any atom is 0.471 e. The van der Waals surface area contributed by atoms with E-state index in [1.54, 1.807) is 11.5 Å². The van der Waals surface area contributed by atoms with Crippen LogP contribution in [0.5, 0.6) is 0 Å². The molecule has 0 bridgehead atoms. The first-order valence-electron chi connectivity index (χ1n) is 6.91. The number of aliphatic imine (C=N–C) groups is 1. The van der Waals surface area contributed by atoms with Crippen LogP contribution in [-0.2, 0) is 19.1 Å². The molecule has 0 fully saturated rings. The second-order valence-corrected chi connectivity index (χ2v) is 5.12. The number of alkyl halides is 3. The van der Waals surface area contributed by atoms with Crippen LogP contribution in [-0.4, -0.2) is 55.9 Å². The standard InChI is InChI=1S/C13H18F3N3O4/c1-7-3-5-17-9(7)10(20)18-6-4-8(11(21)23-2)19-12(22)13(14,15)16/h5,7-9H,3-4,6H2,1-2H3,(H,18,20)(H,19,22)/t7-,8+,9-/m1/s1. The SMILES string of the molecule is COC(=O)[C@H](CCNC(=O)[C@@H]1N=CC[C@H]1C)NC(=O)C(F)(F)F. The fourth-order valence-electron chi connectivity index (χ4n) is 2.02. The third-order valence-electron chi connectivity index (χ3n) is 3.33. The molecule has 2 N–H and O–H groups in total. The van der Waals surface area contributed by atoms with Crippen LogP contribution in [0.3, 0.4) is 0 Å². The van der Waals surface area contributed by atoms with Gasteiger partial charge in [-0.1, -0.05) is 6.92 Å². The highest BCUT2D eigenvalue weighted by Gasteiger charge is 2.41. The molecule has 3 atom stereocenters. The highest BCUT2D eigenvalue weighted by atomic mass is 19.4. The number of hydrogen-bond acceptors (Lipinski definition) is 5. The molecule has 0 aromatic heterocycles. The van der Waals surface area contributed by atoms with E-state index in [9.17, 15) is 27.6 Å². The minimum Gasteiger partial charge on any atom is -0.467 e. The molecular weight excluding hydrogens is 319 g/mol. The number of methoxy groups -OCH3 is 1. The van der Waals surface area contributed by atoms with Crippen LogP contribution in [0, 0.1) is 5.92 Å². The van der Waals surface area contributed by atoms with Gasteiger partial charge in [0.1, 0.15) is 12.1 Å². The fraction of sp³-hybridized carbons (Fsp3) is 0.692. The number of hydrogen-bond donors (Lipinski definition) is 2. The van der Waals surface area contributed by atoms with Gasteiger partial charge in [0.15, 0.2) is 0 Å². The molecule has 0 aliphatic carbocycles. The normalized spacial score (nSPS) is 21.6. The molecule has 1 aliphatic heterocycles. The van der Waals surface area contributed by atoms with Gasteiger partial charge in [0.25, 0.3) is 0 Å². The van der Waals surface area contributed by atoms with Gasteiger partial charge in [-0.15, -0.1) is 0 Å². The Morgan fingerprint density at radius 3 is 2.52 bits per heavy atom. The summed E-state index contributed by atoms with van der Waals surface area (Å²) < 4.78 is 41.0. The molecule has 0 radical (unpaired) electrons. The Hall–Kier alpha value is -2.13. The number of amides is 2. The highest BCUT2D eigenvalue weighted by Crippen LogP contribution is 2.17. The van der Waals surface area contributed by atoms with Crippen molar-refractivity contribution in [2.24, 2.45) is 10.9 Å². The Balaban J connectivity index is 2.51. The summed E-state index contributed by atoms with van der Waals surface area (Å²) in [5.74, 6) is -3.61. The number of nitrogens with zero attached hydrogens (tertiary/aromatic N) is 1. The molecule has 10 heteroatoms. The molecule has 0 unspecified atom stereocenters. The summed E-state index contributed by atoms with van der Waals surface area (Å²) in [5.41, 5.74) is 0. The Bertz CT molecular complexity index is 493. The lowest BCUT2D eigenvalue weighted by Gasteiger charge is -2.18. The van der Waals surface area contributed by atoms with Crippen LogP contribution in [0.15, 0.2) is 4.99 Å². The fourth-order valence-corrected chi connectivity index (χ4v) is 2.02. The summed E-state index contributed by atoms with van der Waals surface area (Å²) in [6.07, 6.45) is -3.03. The van der Waals surface area contributed by atoms with Crippen molar-refractivity contribution in [2.75, 3.05) is 13.7 Å². The minimum absolute atomic E-state index is 0.0383. The number of rotatable bonds is 6. The van der Waals surface area contributed by atoms with Gasteiger partial charge in [-0.05, 0) is 18.8 Å². The third kappa shape index (κ3) is 5.53. The van der Waals surface area contributed by atoms with E-state index in [4.69, 9.17) is 0 Å². The zero-order valence-corrected chi connectivity index (χ0v) is 12.6. The molecule has 2 amide bonds. The van der Waals surface area contributed by atoms with Gasteiger partial charge < -0.3 is 15.4 Å². The van der Waals surface area contributed by atoms with Crippen molar-refractivity contribution in [1.29, 1.82) is 0 Å². The van der Waals surface area contributed by atoms with Crippen molar-refractivity contribution >= 4 is 24.0 Å². The molecule has 0 saturated carbocycles. The molecule has 1 aliphatic rings. The van der Waals surface area contributed by atoms with Crippen molar-refractivity contribution in [2.45, 2.75) is 38.0 Å². The van der Waals surface area contributed by atoms with Gasteiger partial charge in [-0.25, -0.2) is 4.79 Å². The third-order valence-corrected chi connectivity index (χ3v) is 3.33. The predicted molar refractivity (Wildman–Crippen MR) is 73.7 cm³/mol. The number of esters is 1. The molecule has 0 aromatic carbocycles. The molecule has 0 saturated heterocycles. The maximum absolute atomic E-state index is 12.2. The second kappa shape index (κ2) is 7.93. The average molecular weight is 337 g/mol. The molecular formula is C13H18F3N3O4. The Morgan fingerprint density at radius 1 is 1.39 bits per heavy atom. The van der Waals surface area contributed by atoms with Crippen LogP contribution in [0.2, 0.25) is 0 Å². The van der Waals surface area contributed by atoms with Gasteiger partial charge >= 0.3 is 18.1 Å². The average Bonchev–Trinajstić information content (AvgIpc) is 2.90. The monoisotopic (exact) mass is 337 g/mol. The molecule has 1 heterocycles. The van der Waals surface area contributed by atoms with Crippen molar-refractivity contribution in [1.82, 2.24) is 10.6 Å². The Morgan fingerprint density at radius 2 is 2.04 bits per heavy atom. The predicted octanol–water partition coefficient (Wildman–Crippen LogP) is 0.192. The van der Waals surface area contributed by atoms with E-state index >= 15 is 0 Å². The van der Waals surface area contributed by atoms with Gasteiger partial charge in [0.2, 0.25) is 5.91 Å². The van der Waals surface area contributed by atoms with Crippen molar-refractivity contribution < 1.29 is 32.3 Å².